The first-order chi connectivity index (χ1) is 10.0. The van der Waals surface area contributed by atoms with Crippen LogP contribution in [-0.2, 0) is 5.41 Å². The van der Waals surface area contributed by atoms with E-state index in [2.05, 4.69) is 11.9 Å². The Kier molecular flexibility index (Phi) is 2.09. The minimum Gasteiger partial charge on any atom is -0.508 e. The molecule has 4 aliphatic carbocycles. The number of rotatable bonds is 1. The van der Waals surface area contributed by atoms with Crippen LogP contribution in [0.25, 0.3) is 11.0 Å². The molecule has 4 saturated carbocycles. The molecule has 4 fully saturated rings. The van der Waals surface area contributed by atoms with Gasteiger partial charge in [-0.25, -0.2) is 4.98 Å². The van der Waals surface area contributed by atoms with Gasteiger partial charge in [0.1, 0.15) is 11.6 Å². The molecule has 3 nitrogen and oxygen atoms in total. The van der Waals surface area contributed by atoms with Crippen molar-refractivity contribution in [3.05, 3.63) is 24.0 Å². The molecule has 2 unspecified atom stereocenters. The van der Waals surface area contributed by atoms with Gasteiger partial charge in [0.15, 0.2) is 0 Å². The van der Waals surface area contributed by atoms with Crippen LogP contribution in [0.3, 0.4) is 0 Å². The number of nitrogens with one attached hydrogen (secondary N) is 1. The van der Waals surface area contributed by atoms with Crippen LogP contribution in [0, 0.1) is 17.3 Å². The van der Waals surface area contributed by atoms with Crippen LogP contribution in [0.15, 0.2) is 18.2 Å². The Bertz CT molecular complexity index is 718. The maximum atomic E-state index is 9.67. The van der Waals surface area contributed by atoms with Crippen molar-refractivity contribution >= 4 is 11.0 Å². The van der Waals surface area contributed by atoms with Gasteiger partial charge in [-0.05, 0) is 67.9 Å². The van der Waals surface area contributed by atoms with Gasteiger partial charge in [0, 0.05) is 11.5 Å². The summed E-state index contributed by atoms with van der Waals surface area (Å²) in [6.07, 6.45) is 8.20. The number of aromatic nitrogens is 2. The maximum absolute atomic E-state index is 9.67. The number of hydrogen-bond donors (Lipinski definition) is 2. The molecular weight excluding hydrogens is 260 g/mol. The Morgan fingerprint density at radius 1 is 1.19 bits per heavy atom. The molecule has 2 aromatic rings. The molecule has 0 saturated heterocycles. The number of aromatic hydroxyl groups is 1. The van der Waals surface area contributed by atoms with Crippen LogP contribution in [0.4, 0.5) is 0 Å². The van der Waals surface area contributed by atoms with E-state index in [1.54, 1.807) is 12.1 Å². The second-order valence-corrected chi connectivity index (χ2v) is 8.34. The monoisotopic (exact) mass is 282 g/mol. The third-order valence-electron chi connectivity index (χ3n) is 6.32. The molecule has 3 heteroatoms. The van der Waals surface area contributed by atoms with Crippen LogP contribution < -0.4 is 0 Å². The van der Waals surface area contributed by atoms with E-state index >= 15 is 0 Å². The second-order valence-electron chi connectivity index (χ2n) is 8.34. The molecule has 21 heavy (non-hydrogen) atoms. The van der Waals surface area contributed by atoms with E-state index in [4.69, 9.17) is 4.98 Å². The second kappa shape index (κ2) is 3.63. The summed E-state index contributed by atoms with van der Waals surface area (Å²) in [7, 11) is 0. The largest absolute Gasteiger partial charge is 0.508 e. The summed E-state index contributed by atoms with van der Waals surface area (Å²) in [5, 5.41) is 9.67. The SMILES string of the molecule is CC12CC3CC(C1)CC(c1nc4ccc(O)cc4[nH]1)(C3)C2. The van der Waals surface area contributed by atoms with Crippen molar-refractivity contribution in [1.29, 1.82) is 0 Å². The number of aromatic amines is 1. The molecule has 2 atom stereocenters. The molecule has 6 rings (SSSR count). The van der Waals surface area contributed by atoms with Crippen LogP contribution in [0.2, 0.25) is 0 Å². The lowest BCUT2D eigenvalue weighted by Gasteiger charge is -2.60. The average molecular weight is 282 g/mol. The molecule has 4 aliphatic rings. The Hall–Kier alpha value is -1.51. The molecule has 1 aromatic carbocycles. The van der Waals surface area contributed by atoms with Crippen LogP contribution in [-0.4, -0.2) is 15.1 Å². The summed E-state index contributed by atoms with van der Waals surface area (Å²) >= 11 is 0. The number of imidazole rings is 1. The van der Waals surface area contributed by atoms with Gasteiger partial charge in [-0.3, -0.25) is 0 Å². The minimum atomic E-state index is 0.271. The van der Waals surface area contributed by atoms with Crippen molar-refractivity contribution in [2.24, 2.45) is 17.3 Å². The fraction of sp³-hybridized carbons (Fsp3) is 0.611. The molecular formula is C18H22N2O. The summed E-state index contributed by atoms with van der Waals surface area (Å²) in [5.74, 6) is 3.30. The smallest absolute Gasteiger partial charge is 0.117 e. The lowest BCUT2D eigenvalue weighted by Crippen LogP contribution is -2.53. The number of nitrogens with zero attached hydrogens (tertiary/aromatic N) is 1. The molecule has 0 aliphatic heterocycles. The van der Waals surface area contributed by atoms with Gasteiger partial charge in [0.25, 0.3) is 0 Å². The van der Waals surface area contributed by atoms with E-state index in [0.29, 0.717) is 11.2 Å². The van der Waals surface area contributed by atoms with E-state index < -0.39 is 0 Å². The molecule has 0 amide bonds. The molecule has 1 heterocycles. The van der Waals surface area contributed by atoms with Gasteiger partial charge >= 0.3 is 0 Å². The molecule has 1 aromatic heterocycles. The minimum absolute atomic E-state index is 0.271. The van der Waals surface area contributed by atoms with Crippen molar-refractivity contribution in [3.63, 3.8) is 0 Å². The van der Waals surface area contributed by atoms with Crippen LogP contribution in [0.1, 0.15) is 51.3 Å². The zero-order valence-electron chi connectivity index (χ0n) is 12.5. The highest BCUT2D eigenvalue weighted by Gasteiger charge is 2.57. The zero-order valence-corrected chi connectivity index (χ0v) is 12.5. The number of H-pyrrole nitrogens is 1. The maximum Gasteiger partial charge on any atom is 0.117 e. The fourth-order valence-corrected chi connectivity index (χ4v) is 6.25. The van der Waals surface area contributed by atoms with Crippen molar-refractivity contribution in [1.82, 2.24) is 9.97 Å². The van der Waals surface area contributed by atoms with Gasteiger partial charge < -0.3 is 10.1 Å². The van der Waals surface area contributed by atoms with E-state index in [1.165, 1.54) is 44.3 Å². The Morgan fingerprint density at radius 2 is 1.95 bits per heavy atom. The highest BCUT2D eigenvalue weighted by atomic mass is 16.3. The molecule has 2 N–H and O–H groups in total. The highest BCUT2D eigenvalue weighted by molar-refractivity contribution is 5.77. The molecule has 110 valence electrons. The average Bonchev–Trinajstić information content (AvgIpc) is 2.79. The number of hydrogen-bond acceptors (Lipinski definition) is 2. The van der Waals surface area contributed by atoms with Gasteiger partial charge in [-0.15, -0.1) is 0 Å². The van der Waals surface area contributed by atoms with Crippen LogP contribution in [0.5, 0.6) is 5.75 Å². The lowest BCUT2D eigenvalue weighted by atomic mass is 9.44. The Labute approximate surface area is 124 Å². The number of phenols is 1. The predicted octanol–water partition coefficient (Wildman–Crippen LogP) is 4.13. The first kappa shape index (κ1) is 12.1. The molecule has 0 spiro atoms. The third kappa shape index (κ3) is 1.63. The Balaban J connectivity index is 1.64. The van der Waals surface area contributed by atoms with E-state index in [-0.39, 0.29) is 5.41 Å². The predicted molar refractivity (Wildman–Crippen MR) is 82.2 cm³/mol. The quantitative estimate of drug-likeness (QED) is 0.826. The summed E-state index contributed by atoms with van der Waals surface area (Å²) in [5.41, 5.74) is 2.77. The van der Waals surface area contributed by atoms with Crippen LogP contribution >= 0.6 is 0 Å². The van der Waals surface area contributed by atoms with Gasteiger partial charge in [0.2, 0.25) is 0 Å². The third-order valence-corrected chi connectivity index (χ3v) is 6.32. The standard InChI is InChI=1S/C18H22N2O/c1-17-6-11-4-12(7-17)9-18(8-11,10-17)16-19-14-3-2-13(21)5-15(14)20-16/h2-3,5,11-12,21H,4,6-10H2,1H3,(H,19,20). The summed E-state index contributed by atoms with van der Waals surface area (Å²) in [6.45, 7) is 2.49. The number of fused-ring (bicyclic) bond motifs is 1. The first-order valence-electron chi connectivity index (χ1n) is 8.23. The van der Waals surface area contributed by atoms with Gasteiger partial charge in [0.05, 0.1) is 11.0 Å². The van der Waals surface area contributed by atoms with E-state index in [9.17, 15) is 5.11 Å². The first-order valence-corrected chi connectivity index (χ1v) is 8.23. The van der Waals surface area contributed by atoms with Gasteiger partial charge in [-0.2, -0.15) is 0 Å². The Morgan fingerprint density at radius 3 is 2.67 bits per heavy atom. The summed E-state index contributed by atoms with van der Waals surface area (Å²) in [4.78, 5) is 8.45. The fourth-order valence-electron chi connectivity index (χ4n) is 6.25. The summed E-state index contributed by atoms with van der Waals surface area (Å²) in [6, 6.07) is 5.45. The molecule has 0 radical (unpaired) electrons. The van der Waals surface area contributed by atoms with E-state index in [0.717, 1.165) is 22.9 Å². The molecule has 4 bridgehead atoms. The van der Waals surface area contributed by atoms with Gasteiger partial charge in [-0.1, -0.05) is 6.92 Å². The van der Waals surface area contributed by atoms with E-state index in [1.807, 2.05) is 6.07 Å². The highest BCUT2D eigenvalue weighted by Crippen LogP contribution is 2.65. The number of phenolic OH excluding ortho intramolecular Hbond substituents is 1. The van der Waals surface area contributed by atoms with Crippen molar-refractivity contribution in [2.45, 2.75) is 50.9 Å². The lowest BCUT2D eigenvalue weighted by molar-refractivity contribution is -0.0644. The topological polar surface area (TPSA) is 48.9 Å². The van der Waals surface area contributed by atoms with Crippen molar-refractivity contribution in [2.75, 3.05) is 0 Å². The summed E-state index contributed by atoms with van der Waals surface area (Å²) < 4.78 is 0. The van der Waals surface area contributed by atoms with Crippen molar-refractivity contribution in [3.8, 4) is 5.75 Å². The normalized spacial score (nSPS) is 41.0. The number of benzene rings is 1. The zero-order chi connectivity index (χ0) is 14.2. The van der Waals surface area contributed by atoms with Crippen molar-refractivity contribution < 1.29 is 5.11 Å².